The molecule has 1 saturated heterocycles. The highest BCUT2D eigenvalue weighted by molar-refractivity contribution is 7.99. The first-order valence-corrected chi connectivity index (χ1v) is 7.48. The Hall–Kier alpha value is -1.04. The van der Waals surface area contributed by atoms with Crippen LogP contribution in [0.4, 0.5) is 5.69 Å². The molecule has 3 rings (SSSR count). The highest BCUT2D eigenvalue weighted by atomic mass is 32.2. The second-order valence-electron chi connectivity index (χ2n) is 5.31. The average molecular weight is 278 g/mol. The molecule has 2 aliphatic heterocycles. The Morgan fingerprint density at radius 3 is 3.05 bits per heavy atom. The summed E-state index contributed by atoms with van der Waals surface area (Å²) in [6.07, 6.45) is 0. The fourth-order valence-corrected chi connectivity index (χ4v) is 3.59. The van der Waals surface area contributed by atoms with E-state index < -0.39 is 5.41 Å². The van der Waals surface area contributed by atoms with E-state index in [0.717, 1.165) is 22.9 Å². The maximum absolute atomic E-state index is 12.9. The van der Waals surface area contributed by atoms with E-state index in [0.29, 0.717) is 13.2 Å². The summed E-state index contributed by atoms with van der Waals surface area (Å²) < 4.78 is 5.39. The number of nitrogens with zero attached hydrogens (tertiary/aromatic N) is 1. The molecule has 0 aromatic heterocycles. The molecular weight excluding hydrogens is 260 g/mol. The van der Waals surface area contributed by atoms with Gasteiger partial charge in [0.05, 0.1) is 24.3 Å². The van der Waals surface area contributed by atoms with Crippen molar-refractivity contribution in [2.75, 3.05) is 30.4 Å². The zero-order valence-corrected chi connectivity index (χ0v) is 11.8. The van der Waals surface area contributed by atoms with Gasteiger partial charge in [0.2, 0.25) is 5.91 Å². The van der Waals surface area contributed by atoms with E-state index in [9.17, 15) is 4.79 Å². The van der Waals surface area contributed by atoms with Crippen LogP contribution in [0.25, 0.3) is 0 Å². The van der Waals surface area contributed by atoms with Gasteiger partial charge < -0.3 is 15.4 Å². The number of amides is 1. The smallest absolute Gasteiger partial charge is 0.236 e. The predicted octanol–water partition coefficient (Wildman–Crippen LogP) is 1.49. The van der Waals surface area contributed by atoms with Crippen molar-refractivity contribution in [3.05, 3.63) is 24.3 Å². The molecule has 102 valence electrons. The molecule has 4 nitrogen and oxygen atoms in total. The van der Waals surface area contributed by atoms with Crippen molar-refractivity contribution in [2.24, 2.45) is 11.1 Å². The van der Waals surface area contributed by atoms with Crippen molar-refractivity contribution in [3.63, 3.8) is 0 Å². The van der Waals surface area contributed by atoms with Gasteiger partial charge in [0.1, 0.15) is 0 Å². The van der Waals surface area contributed by atoms with Crippen molar-refractivity contribution in [1.29, 1.82) is 0 Å². The van der Waals surface area contributed by atoms with Crippen molar-refractivity contribution in [2.45, 2.75) is 17.9 Å². The van der Waals surface area contributed by atoms with Crippen molar-refractivity contribution < 1.29 is 9.53 Å². The Bertz CT molecular complexity index is 508. The van der Waals surface area contributed by atoms with E-state index in [4.69, 9.17) is 10.5 Å². The SMILES string of the molecule is CC1(C(=O)N2CCSc3ccccc32)COCC1N. The minimum atomic E-state index is -0.602. The zero-order chi connectivity index (χ0) is 13.5. The van der Waals surface area contributed by atoms with Crippen molar-refractivity contribution in [3.8, 4) is 0 Å². The number of hydrogen-bond acceptors (Lipinski definition) is 4. The van der Waals surface area contributed by atoms with Crippen LogP contribution in [0.2, 0.25) is 0 Å². The number of carbonyl (C=O) groups excluding carboxylic acids is 1. The molecule has 2 heterocycles. The Morgan fingerprint density at radius 2 is 2.32 bits per heavy atom. The number of nitrogens with two attached hydrogens (primary N) is 1. The highest BCUT2D eigenvalue weighted by Crippen LogP contribution is 2.38. The molecule has 1 amide bonds. The minimum Gasteiger partial charge on any atom is -0.379 e. The number of fused-ring (bicyclic) bond motifs is 1. The summed E-state index contributed by atoms with van der Waals surface area (Å²) in [7, 11) is 0. The summed E-state index contributed by atoms with van der Waals surface area (Å²) in [5.41, 5.74) is 6.46. The van der Waals surface area contributed by atoms with Gasteiger partial charge in [0.25, 0.3) is 0 Å². The first kappa shape index (κ1) is 13.0. The van der Waals surface area contributed by atoms with E-state index in [-0.39, 0.29) is 11.9 Å². The Kier molecular flexibility index (Phi) is 3.28. The van der Waals surface area contributed by atoms with Crippen LogP contribution >= 0.6 is 11.8 Å². The van der Waals surface area contributed by atoms with Gasteiger partial charge in [-0.2, -0.15) is 0 Å². The molecule has 0 radical (unpaired) electrons. The van der Waals surface area contributed by atoms with Crippen LogP contribution in [0.15, 0.2) is 29.2 Å². The van der Waals surface area contributed by atoms with Crippen LogP contribution in [-0.4, -0.2) is 37.5 Å². The van der Waals surface area contributed by atoms with Gasteiger partial charge in [-0.3, -0.25) is 4.79 Å². The molecule has 2 aliphatic rings. The summed E-state index contributed by atoms with van der Waals surface area (Å²) in [4.78, 5) is 15.9. The molecule has 1 aromatic carbocycles. The van der Waals surface area contributed by atoms with E-state index in [1.807, 2.05) is 30.0 Å². The molecule has 19 heavy (non-hydrogen) atoms. The molecule has 2 unspecified atom stereocenters. The molecule has 2 N–H and O–H groups in total. The van der Waals surface area contributed by atoms with Crippen LogP contribution in [0.3, 0.4) is 0 Å². The molecular formula is C14H18N2O2S. The minimum absolute atomic E-state index is 0.0882. The number of carbonyl (C=O) groups is 1. The summed E-state index contributed by atoms with van der Waals surface area (Å²) >= 11 is 1.80. The average Bonchev–Trinajstić information content (AvgIpc) is 2.78. The fourth-order valence-electron chi connectivity index (χ4n) is 2.60. The van der Waals surface area contributed by atoms with Gasteiger partial charge in [-0.15, -0.1) is 11.8 Å². The standard InChI is InChI=1S/C14H18N2O2S/c1-14(9-18-8-12(14)15)13(17)16-6-7-19-11-5-3-2-4-10(11)16/h2-5,12H,6-9,15H2,1H3. The summed E-state index contributed by atoms with van der Waals surface area (Å²) in [6, 6.07) is 7.82. The summed E-state index contributed by atoms with van der Waals surface area (Å²) in [5.74, 6) is 1.01. The highest BCUT2D eigenvalue weighted by Gasteiger charge is 2.47. The second-order valence-corrected chi connectivity index (χ2v) is 6.45. The van der Waals surface area contributed by atoms with E-state index in [1.165, 1.54) is 0 Å². The number of anilines is 1. The number of hydrogen-bond donors (Lipinski definition) is 1. The van der Waals surface area contributed by atoms with Gasteiger partial charge in [0, 0.05) is 23.2 Å². The third-order valence-corrected chi connectivity index (χ3v) is 5.02. The first-order valence-electron chi connectivity index (χ1n) is 6.50. The quantitative estimate of drug-likeness (QED) is 0.845. The Morgan fingerprint density at radius 1 is 1.53 bits per heavy atom. The lowest BCUT2D eigenvalue weighted by molar-refractivity contribution is -0.127. The van der Waals surface area contributed by atoms with Gasteiger partial charge in [-0.25, -0.2) is 0 Å². The number of thioether (sulfide) groups is 1. The maximum Gasteiger partial charge on any atom is 0.236 e. The lowest BCUT2D eigenvalue weighted by Gasteiger charge is -2.36. The number of rotatable bonds is 1. The van der Waals surface area contributed by atoms with Crippen LogP contribution in [0.5, 0.6) is 0 Å². The second kappa shape index (κ2) is 4.81. The number of benzene rings is 1. The monoisotopic (exact) mass is 278 g/mol. The number of para-hydroxylation sites is 1. The van der Waals surface area contributed by atoms with Gasteiger partial charge in [-0.05, 0) is 19.1 Å². The van der Waals surface area contributed by atoms with E-state index in [2.05, 4.69) is 6.07 Å². The third-order valence-electron chi connectivity index (χ3n) is 3.98. The first-order chi connectivity index (χ1) is 9.13. The Labute approximate surface area is 117 Å². The zero-order valence-electron chi connectivity index (χ0n) is 11.0. The summed E-state index contributed by atoms with van der Waals surface area (Å²) in [5, 5.41) is 0. The number of ether oxygens (including phenoxy) is 1. The molecule has 1 fully saturated rings. The predicted molar refractivity (Wildman–Crippen MR) is 76.4 cm³/mol. The van der Waals surface area contributed by atoms with Crippen LogP contribution < -0.4 is 10.6 Å². The normalized spacial score (nSPS) is 30.2. The van der Waals surface area contributed by atoms with Crippen molar-refractivity contribution in [1.82, 2.24) is 0 Å². The van der Waals surface area contributed by atoms with Gasteiger partial charge in [0.15, 0.2) is 0 Å². The lowest BCUT2D eigenvalue weighted by atomic mass is 9.84. The molecule has 0 aliphatic carbocycles. The van der Waals surface area contributed by atoms with Crippen LogP contribution in [0.1, 0.15) is 6.92 Å². The molecule has 5 heteroatoms. The topological polar surface area (TPSA) is 55.6 Å². The Balaban J connectivity index is 1.93. The largest absolute Gasteiger partial charge is 0.379 e. The molecule has 0 saturated carbocycles. The lowest BCUT2D eigenvalue weighted by Crippen LogP contribution is -2.52. The van der Waals surface area contributed by atoms with Gasteiger partial charge in [-0.1, -0.05) is 12.1 Å². The van der Waals surface area contributed by atoms with E-state index in [1.54, 1.807) is 11.8 Å². The van der Waals surface area contributed by atoms with E-state index >= 15 is 0 Å². The molecule has 2 atom stereocenters. The van der Waals surface area contributed by atoms with Crippen LogP contribution in [0, 0.1) is 5.41 Å². The summed E-state index contributed by atoms with van der Waals surface area (Å²) in [6.45, 7) is 3.53. The molecule has 0 spiro atoms. The molecule has 0 bridgehead atoms. The van der Waals surface area contributed by atoms with Crippen LogP contribution in [-0.2, 0) is 9.53 Å². The van der Waals surface area contributed by atoms with Gasteiger partial charge >= 0.3 is 0 Å². The molecule has 1 aromatic rings. The fraction of sp³-hybridized carbons (Fsp3) is 0.500. The maximum atomic E-state index is 12.9. The van der Waals surface area contributed by atoms with Crippen molar-refractivity contribution >= 4 is 23.4 Å². The third kappa shape index (κ3) is 2.06.